The summed E-state index contributed by atoms with van der Waals surface area (Å²) in [7, 11) is 1.84. The molecule has 1 fully saturated rings. The third-order valence-corrected chi connectivity index (χ3v) is 3.87. The van der Waals surface area contributed by atoms with Gasteiger partial charge in [0.2, 0.25) is 0 Å². The van der Waals surface area contributed by atoms with E-state index in [0.29, 0.717) is 18.2 Å². The quantitative estimate of drug-likeness (QED) is 0.882. The van der Waals surface area contributed by atoms with Crippen LogP contribution in [0.5, 0.6) is 0 Å². The topological polar surface area (TPSA) is 72.9 Å². The van der Waals surface area contributed by atoms with Crippen molar-refractivity contribution in [1.82, 2.24) is 15.1 Å². The van der Waals surface area contributed by atoms with Crippen molar-refractivity contribution in [2.45, 2.75) is 38.6 Å². The zero-order valence-corrected chi connectivity index (χ0v) is 12.4. The number of aromatic nitrogens is 2. The van der Waals surface area contributed by atoms with Crippen LogP contribution in [0.2, 0.25) is 0 Å². The first-order chi connectivity index (χ1) is 8.61. The second-order valence-electron chi connectivity index (χ2n) is 5.15. The van der Waals surface area contributed by atoms with Crippen molar-refractivity contribution >= 4 is 18.3 Å². The monoisotopic (exact) mass is 286 g/mol. The predicted molar refractivity (Wildman–Crippen MR) is 77.5 cm³/mol. The highest BCUT2D eigenvalue weighted by molar-refractivity contribution is 5.92. The lowest BCUT2D eigenvalue weighted by molar-refractivity contribution is 0.0902. The van der Waals surface area contributed by atoms with Crippen LogP contribution in [0.15, 0.2) is 6.07 Å². The van der Waals surface area contributed by atoms with Gasteiger partial charge in [-0.2, -0.15) is 5.10 Å². The summed E-state index contributed by atoms with van der Waals surface area (Å²) in [5, 5.41) is 7.28. The normalized spacial score (nSPS) is 22.7. The number of nitrogens with one attached hydrogen (secondary N) is 1. The van der Waals surface area contributed by atoms with Gasteiger partial charge in [-0.1, -0.05) is 12.8 Å². The molecule has 5 nitrogen and oxygen atoms in total. The average molecular weight is 287 g/mol. The zero-order valence-electron chi connectivity index (χ0n) is 11.6. The molecule has 6 heteroatoms. The van der Waals surface area contributed by atoms with Crippen molar-refractivity contribution in [3.05, 3.63) is 17.5 Å². The fourth-order valence-electron chi connectivity index (χ4n) is 2.59. The molecule has 1 aromatic rings. The van der Waals surface area contributed by atoms with Crippen molar-refractivity contribution < 1.29 is 4.79 Å². The lowest BCUT2D eigenvalue weighted by Crippen LogP contribution is -2.44. The van der Waals surface area contributed by atoms with Gasteiger partial charge in [0.05, 0.1) is 0 Å². The highest BCUT2D eigenvalue weighted by Gasteiger charge is 2.26. The van der Waals surface area contributed by atoms with E-state index in [9.17, 15) is 4.79 Å². The number of carbonyl (C=O) groups excluding carboxylic acids is 1. The molecule has 1 aliphatic carbocycles. The van der Waals surface area contributed by atoms with Crippen LogP contribution >= 0.6 is 12.4 Å². The SMILES string of the molecule is Cc1cc(C(=O)NC2CCCCC2CN)nn1C.Cl. The number of carbonyl (C=O) groups is 1. The molecule has 0 bridgehead atoms. The van der Waals surface area contributed by atoms with Gasteiger partial charge in [-0.25, -0.2) is 0 Å². The average Bonchev–Trinajstić information content (AvgIpc) is 2.70. The molecule has 0 aromatic carbocycles. The van der Waals surface area contributed by atoms with Gasteiger partial charge in [-0.05, 0) is 38.3 Å². The van der Waals surface area contributed by atoms with Crippen molar-refractivity contribution in [3.8, 4) is 0 Å². The van der Waals surface area contributed by atoms with E-state index < -0.39 is 0 Å². The minimum absolute atomic E-state index is 0. The maximum atomic E-state index is 12.1. The van der Waals surface area contributed by atoms with Crippen LogP contribution in [0.4, 0.5) is 0 Å². The standard InChI is InChI=1S/C13H22N4O.ClH/c1-9-7-12(16-17(9)2)13(18)15-11-6-4-3-5-10(11)8-14;/h7,10-11H,3-6,8,14H2,1-2H3,(H,15,18);1H. The smallest absolute Gasteiger partial charge is 0.272 e. The van der Waals surface area contributed by atoms with Crippen molar-refractivity contribution in [3.63, 3.8) is 0 Å². The predicted octanol–water partition coefficient (Wildman–Crippen LogP) is 1.40. The van der Waals surface area contributed by atoms with E-state index in [4.69, 9.17) is 5.73 Å². The lowest BCUT2D eigenvalue weighted by Gasteiger charge is -2.31. The fraction of sp³-hybridized carbons (Fsp3) is 0.692. The van der Waals surface area contributed by atoms with Gasteiger partial charge in [-0.3, -0.25) is 9.48 Å². The van der Waals surface area contributed by atoms with E-state index in [-0.39, 0.29) is 24.4 Å². The second-order valence-corrected chi connectivity index (χ2v) is 5.15. The Balaban J connectivity index is 0.00000180. The minimum atomic E-state index is -0.0796. The fourth-order valence-corrected chi connectivity index (χ4v) is 2.59. The molecule has 2 rings (SSSR count). The first kappa shape index (κ1) is 16.0. The van der Waals surface area contributed by atoms with Gasteiger partial charge < -0.3 is 11.1 Å². The summed E-state index contributed by atoms with van der Waals surface area (Å²) in [6.07, 6.45) is 4.53. The minimum Gasteiger partial charge on any atom is -0.348 e. The van der Waals surface area contributed by atoms with E-state index >= 15 is 0 Å². The van der Waals surface area contributed by atoms with Crippen LogP contribution in [-0.2, 0) is 7.05 Å². The maximum Gasteiger partial charge on any atom is 0.272 e. The van der Waals surface area contributed by atoms with E-state index in [1.165, 1.54) is 12.8 Å². The molecule has 0 radical (unpaired) electrons. The molecule has 0 saturated heterocycles. The molecule has 0 aliphatic heterocycles. The summed E-state index contributed by atoms with van der Waals surface area (Å²) in [4.78, 5) is 12.1. The van der Waals surface area contributed by atoms with Crippen LogP contribution in [0.1, 0.15) is 41.9 Å². The molecule has 19 heavy (non-hydrogen) atoms. The largest absolute Gasteiger partial charge is 0.348 e. The van der Waals surface area contributed by atoms with Crippen molar-refractivity contribution in [1.29, 1.82) is 0 Å². The van der Waals surface area contributed by atoms with Gasteiger partial charge >= 0.3 is 0 Å². The van der Waals surface area contributed by atoms with Crippen LogP contribution in [0, 0.1) is 12.8 Å². The summed E-state index contributed by atoms with van der Waals surface area (Å²) in [5.41, 5.74) is 7.25. The summed E-state index contributed by atoms with van der Waals surface area (Å²) in [6.45, 7) is 2.58. The molecule has 1 saturated carbocycles. The molecule has 1 heterocycles. The molecule has 108 valence electrons. The molecule has 1 amide bonds. The Hall–Kier alpha value is -1.07. The van der Waals surface area contributed by atoms with Gasteiger partial charge in [0.1, 0.15) is 5.69 Å². The summed E-state index contributed by atoms with van der Waals surface area (Å²) in [5.74, 6) is 0.330. The lowest BCUT2D eigenvalue weighted by atomic mass is 9.84. The number of hydrogen-bond acceptors (Lipinski definition) is 3. The van der Waals surface area contributed by atoms with E-state index in [2.05, 4.69) is 10.4 Å². The van der Waals surface area contributed by atoms with Crippen LogP contribution < -0.4 is 11.1 Å². The number of aryl methyl sites for hydroxylation is 2. The second kappa shape index (κ2) is 6.91. The van der Waals surface area contributed by atoms with Gasteiger partial charge in [-0.15, -0.1) is 12.4 Å². The Morgan fingerprint density at radius 2 is 2.21 bits per heavy atom. The first-order valence-corrected chi connectivity index (χ1v) is 6.63. The molecule has 0 spiro atoms. The van der Waals surface area contributed by atoms with Gasteiger partial charge in [0, 0.05) is 18.8 Å². The molecule has 2 atom stereocenters. The van der Waals surface area contributed by atoms with Crippen LogP contribution in [0.25, 0.3) is 0 Å². The van der Waals surface area contributed by atoms with E-state index in [0.717, 1.165) is 18.5 Å². The third kappa shape index (κ3) is 3.70. The third-order valence-electron chi connectivity index (χ3n) is 3.87. The number of nitrogens with two attached hydrogens (primary N) is 1. The highest BCUT2D eigenvalue weighted by Crippen LogP contribution is 2.23. The number of nitrogens with zero attached hydrogens (tertiary/aromatic N) is 2. The van der Waals surface area contributed by atoms with Crippen molar-refractivity contribution in [2.24, 2.45) is 18.7 Å². The highest BCUT2D eigenvalue weighted by atomic mass is 35.5. The Kier molecular flexibility index (Phi) is 5.82. The molecule has 3 N–H and O–H groups in total. The number of halogens is 1. The molecular weight excluding hydrogens is 264 g/mol. The molecule has 1 aromatic heterocycles. The first-order valence-electron chi connectivity index (χ1n) is 6.63. The molecule has 1 aliphatic rings. The summed E-state index contributed by atoms with van der Waals surface area (Å²) < 4.78 is 1.72. The Labute approximate surface area is 120 Å². The number of hydrogen-bond donors (Lipinski definition) is 2. The summed E-state index contributed by atoms with van der Waals surface area (Å²) in [6, 6.07) is 2.02. The molecule has 2 unspecified atom stereocenters. The van der Waals surface area contributed by atoms with Crippen molar-refractivity contribution in [2.75, 3.05) is 6.54 Å². The maximum absolute atomic E-state index is 12.1. The van der Waals surface area contributed by atoms with Crippen LogP contribution in [0.3, 0.4) is 0 Å². The van der Waals surface area contributed by atoms with Gasteiger partial charge in [0.15, 0.2) is 0 Å². The summed E-state index contributed by atoms with van der Waals surface area (Å²) >= 11 is 0. The zero-order chi connectivity index (χ0) is 13.1. The Morgan fingerprint density at radius 3 is 2.79 bits per heavy atom. The van der Waals surface area contributed by atoms with Crippen LogP contribution in [-0.4, -0.2) is 28.3 Å². The van der Waals surface area contributed by atoms with Gasteiger partial charge in [0.25, 0.3) is 5.91 Å². The number of rotatable bonds is 3. The Bertz CT molecular complexity index is 413. The van der Waals surface area contributed by atoms with E-state index in [1.807, 2.05) is 20.0 Å². The Morgan fingerprint density at radius 1 is 1.53 bits per heavy atom. The number of amides is 1. The van der Waals surface area contributed by atoms with E-state index in [1.54, 1.807) is 4.68 Å². The molecular formula is C13H23ClN4O.